The minimum absolute atomic E-state index is 0.00910. The molecular formula is C28H23BrCl2F5N3O4. The van der Waals surface area contributed by atoms with Crippen LogP contribution in [0.1, 0.15) is 40.1 Å². The van der Waals surface area contributed by atoms with E-state index < -0.39 is 42.3 Å². The maximum absolute atomic E-state index is 13.2. The molecular weight excluding hydrogens is 688 g/mol. The van der Waals surface area contributed by atoms with Crippen molar-refractivity contribution < 1.29 is 41.1 Å². The lowest BCUT2D eigenvalue weighted by Crippen LogP contribution is -2.46. The second kappa shape index (κ2) is 13.9. The molecule has 230 valence electrons. The largest absolute Gasteiger partial charge is 0.487 e. The second-order valence-corrected chi connectivity index (χ2v) is 11.2. The number of carbonyl (C=O) groups is 3. The summed E-state index contributed by atoms with van der Waals surface area (Å²) in [7, 11) is 0. The Bertz CT molecular complexity index is 1540. The van der Waals surface area contributed by atoms with Crippen LogP contribution in [0.5, 0.6) is 5.75 Å². The zero-order chi connectivity index (χ0) is 32.1. The van der Waals surface area contributed by atoms with Crippen molar-refractivity contribution in [3.63, 3.8) is 0 Å². The van der Waals surface area contributed by atoms with Gasteiger partial charge in [0, 0.05) is 22.4 Å². The Labute approximate surface area is 261 Å². The highest BCUT2D eigenvalue weighted by Crippen LogP contribution is 2.37. The van der Waals surface area contributed by atoms with E-state index >= 15 is 0 Å². The fourth-order valence-corrected chi connectivity index (χ4v) is 4.05. The topological polar surface area (TPSA) is 96.5 Å². The Morgan fingerprint density at radius 3 is 2.07 bits per heavy atom. The van der Waals surface area contributed by atoms with Gasteiger partial charge in [-0.1, -0.05) is 29.3 Å². The highest BCUT2D eigenvalue weighted by molar-refractivity contribution is 9.10. The van der Waals surface area contributed by atoms with Gasteiger partial charge in [0.25, 0.3) is 18.2 Å². The molecule has 0 aromatic heterocycles. The van der Waals surface area contributed by atoms with Gasteiger partial charge in [0.2, 0.25) is 5.91 Å². The van der Waals surface area contributed by atoms with E-state index in [2.05, 4.69) is 31.9 Å². The molecule has 3 aromatic rings. The van der Waals surface area contributed by atoms with E-state index in [4.69, 9.17) is 27.9 Å². The average molecular weight is 711 g/mol. The number of halogens is 8. The highest BCUT2D eigenvalue weighted by Gasteiger charge is 2.52. The number of carbonyl (C=O) groups excluding carboxylic acids is 3. The van der Waals surface area contributed by atoms with Crippen LogP contribution in [0.25, 0.3) is 0 Å². The zero-order valence-corrected chi connectivity index (χ0v) is 25.4. The average Bonchev–Trinajstić information content (AvgIpc) is 2.92. The monoisotopic (exact) mass is 709 g/mol. The summed E-state index contributed by atoms with van der Waals surface area (Å²) < 4.78 is 70.8. The Hall–Kier alpha value is -3.42. The Morgan fingerprint density at radius 1 is 0.860 bits per heavy atom. The predicted molar refractivity (Wildman–Crippen MR) is 156 cm³/mol. The van der Waals surface area contributed by atoms with E-state index in [1.807, 2.05) is 0 Å². The molecule has 0 bridgehead atoms. The molecule has 0 radical (unpaired) electrons. The predicted octanol–water partition coefficient (Wildman–Crippen LogP) is 8.11. The van der Waals surface area contributed by atoms with Crippen LogP contribution in [0.2, 0.25) is 10.0 Å². The Kier molecular flexibility index (Phi) is 11.0. The van der Waals surface area contributed by atoms with Crippen molar-refractivity contribution in [1.29, 1.82) is 0 Å². The van der Waals surface area contributed by atoms with Gasteiger partial charge in [-0.25, -0.2) is 8.78 Å². The van der Waals surface area contributed by atoms with Gasteiger partial charge in [0.05, 0.1) is 21.2 Å². The number of benzene rings is 3. The van der Waals surface area contributed by atoms with Gasteiger partial charge in [0.1, 0.15) is 17.8 Å². The van der Waals surface area contributed by atoms with Crippen molar-refractivity contribution in [2.75, 3.05) is 17.2 Å². The van der Waals surface area contributed by atoms with Crippen LogP contribution in [-0.2, 0) is 11.3 Å². The first-order chi connectivity index (χ1) is 20.0. The minimum Gasteiger partial charge on any atom is -0.487 e. The number of amides is 3. The maximum Gasteiger partial charge on any atom is 0.402 e. The van der Waals surface area contributed by atoms with Crippen LogP contribution in [0.3, 0.4) is 0 Å². The minimum atomic E-state index is -4.77. The van der Waals surface area contributed by atoms with Crippen molar-refractivity contribution in [2.45, 2.75) is 33.0 Å². The molecule has 0 spiro atoms. The Morgan fingerprint density at radius 2 is 1.47 bits per heavy atom. The number of alkyl halides is 5. The number of rotatable bonds is 10. The number of nitrogens with one attached hydrogen (secondary N) is 3. The van der Waals surface area contributed by atoms with E-state index in [-0.39, 0.29) is 39.7 Å². The van der Waals surface area contributed by atoms with Crippen molar-refractivity contribution in [3.8, 4) is 5.75 Å². The van der Waals surface area contributed by atoms with Crippen LogP contribution < -0.4 is 20.7 Å². The van der Waals surface area contributed by atoms with Crippen LogP contribution in [0.4, 0.5) is 33.3 Å². The summed E-state index contributed by atoms with van der Waals surface area (Å²) in [5.74, 6) is -2.96. The van der Waals surface area contributed by atoms with Crippen LogP contribution in [0.15, 0.2) is 59.1 Å². The fourth-order valence-electron chi connectivity index (χ4n) is 3.42. The molecule has 3 N–H and O–H groups in total. The molecule has 3 rings (SSSR count). The molecule has 0 atom stereocenters. The first-order valence-electron chi connectivity index (χ1n) is 12.3. The molecule has 0 saturated carbocycles. The molecule has 0 fully saturated rings. The zero-order valence-electron chi connectivity index (χ0n) is 22.3. The summed E-state index contributed by atoms with van der Waals surface area (Å²) in [5.41, 5.74) is -2.27. The summed E-state index contributed by atoms with van der Waals surface area (Å²) in [6, 6.07) is 12.3. The summed E-state index contributed by atoms with van der Waals surface area (Å²) in [4.78, 5) is 38.3. The molecule has 3 aromatic carbocycles. The molecule has 0 aliphatic rings. The van der Waals surface area contributed by atoms with Crippen molar-refractivity contribution in [3.05, 3.63) is 85.8 Å². The number of ether oxygens (including phenoxy) is 1. The normalized spacial score (nSPS) is 11.7. The molecule has 0 aliphatic carbocycles. The SMILES string of the molecule is CC(C)(C(=O)NCc1ccc(Cl)c(C(=O)Nc2ccc(OCC(F)F)c(C(=O)Nc3ccc(Br)c(Cl)c3)c2)c1)C(F)(F)F. The third kappa shape index (κ3) is 8.80. The van der Waals surface area contributed by atoms with Crippen LogP contribution in [0, 0.1) is 5.41 Å². The molecule has 15 heteroatoms. The summed E-state index contributed by atoms with van der Waals surface area (Å²) in [6.45, 7) is 0.177. The number of anilines is 2. The van der Waals surface area contributed by atoms with E-state index in [0.29, 0.717) is 15.2 Å². The summed E-state index contributed by atoms with van der Waals surface area (Å²) >= 11 is 15.5. The Balaban J connectivity index is 1.82. The van der Waals surface area contributed by atoms with E-state index in [1.54, 1.807) is 12.1 Å². The van der Waals surface area contributed by atoms with E-state index in [1.165, 1.54) is 42.5 Å². The van der Waals surface area contributed by atoms with Gasteiger partial charge in [0.15, 0.2) is 0 Å². The van der Waals surface area contributed by atoms with Crippen LogP contribution >= 0.6 is 39.1 Å². The second-order valence-electron chi connectivity index (χ2n) is 9.57. The molecule has 7 nitrogen and oxygen atoms in total. The number of hydrogen-bond donors (Lipinski definition) is 3. The van der Waals surface area contributed by atoms with Gasteiger partial charge in [-0.15, -0.1) is 0 Å². The molecule has 0 heterocycles. The molecule has 0 saturated heterocycles. The smallest absolute Gasteiger partial charge is 0.402 e. The molecule has 43 heavy (non-hydrogen) atoms. The lowest BCUT2D eigenvalue weighted by atomic mass is 9.91. The summed E-state index contributed by atoms with van der Waals surface area (Å²) in [5, 5.41) is 7.60. The molecule has 0 unspecified atom stereocenters. The first kappa shape index (κ1) is 34.1. The van der Waals surface area contributed by atoms with Gasteiger partial charge in [-0.3, -0.25) is 14.4 Å². The third-order valence-electron chi connectivity index (χ3n) is 6.03. The standard InChI is InChI=1S/C28H23BrCl2F5N3O4/c1-27(2,28(34,35)36)26(42)37-12-14-3-7-20(30)17(9-14)24(40)38-15-5-8-22(43-13-23(32)33)18(10-15)25(41)39-16-4-6-19(29)21(31)11-16/h3-11,23H,12-13H2,1-2H3,(H,37,42)(H,38,40)(H,39,41). The fraction of sp³-hybridized carbons (Fsp3) is 0.250. The quantitative estimate of drug-likeness (QED) is 0.185. The van der Waals surface area contributed by atoms with E-state index in [9.17, 15) is 36.3 Å². The van der Waals surface area contributed by atoms with Gasteiger partial charge >= 0.3 is 6.18 Å². The van der Waals surface area contributed by atoms with Gasteiger partial charge in [-0.2, -0.15) is 13.2 Å². The van der Waals surface area contributed by atoms with Gasteiger partial charge in [-0.05, 0) is 83.9 Å². The lowest BCUT2D eigenvalue weighted by Gasteiger charge is -2.26. The molecule has 0 aliphatic heterocycles. The van der Waals surface area contributed by atoms with Crippen LogP contribution in [-0.4, -0.2) is 36.9 Å². The third-order valence-corrected chi connectivity index (χ3v) is 7.59. The highest BCUT2D eigenvalue weighted by atomic mass is 79.9. The van der Waals surface area contributed by atoms with Gasteiger partial charge < -0.3 is 20.7 Å². The summed E-state index contributed by atoms with van der Waals surface area (Å²) in [6.07, 6.45) is -7.59. The number of hydrogen-bond acceptors (Lipinski definition) is 4. The van der Waals surface area contributed by atoms with Crippen molar-refractivity contribution in [1.82, 2.24) is 5.32 Å². The maximum atomic E-state index is 13.2. The lowest BCUT2D eigenvalue weighted by molar-refractivity contribution is -0.211. The first-order valence-corrected chi connectivity index (χ1v) is 13.8. The molecule has 3 amide bonds. The van der Waals surface area contributed by atoms with Crippen molar-refractivity contribution in [2.24, 2.45) is 5.41 Å². The van der Waals surface area contributed by atoms with Crippen molar-refractivity contribution >= 4 is 68.2 Å². The van der Waals surface area contributed by atoms with E-state index in [0.717, 1.165) is 13.8 Å².